The molecule has 0 aliphatic carbocycles. The van der Waals surface area contributed by atoms with Crippen LogP contribution in [0.2, 0.25) is 5.02 Å². The Hall–Kier alpha value is -1.55. The molecule has 1 aliphatic rings. The van der Waals surface area contributed by atoms with Gasteiger partial charge in [-0.05, 0) is 24.3 Å². The lowest BCUT2D eigenvalue weighted by Crippen LogP contribution is -2.25. The number of carbonyl (C=O) groups excluding carboxylic acids is 2. The minimum absolute atomic E-state index is 0.0151. The molecule has 1 aromatic rings. The van der Waals surface area contributed by atoms with E-state index in [4.69, 9.17) is 11.6 Å². The van der Waals surface area contributed by atoms with Crippen molar-refractivity contribution < 1.29 is 9.59 Å². The van der Waals surface area contributed by atoms with Crippen molar-refractivity contribution in [3.05, 3.63) is 29.3 Å². The first-order chi connectivity index (χ1) is 8.06. The van der Waals surface area contributed by atoms with E-state index in [1.165, 1.54) is 0 Å². The summed E-state index contributed by atoms with van der Waals surface area (Å²) in [5.41, 5.74) is 0.696. The van der Waals surface area contributed by atoms with Crippen LogP contribution in [0, 0.1) is 5.92 Å². The number of benzene rings is 1. The largest absolute Gasteiger partial charge is 0.345 e. The first-order valence-corrected chi connectivity index (χ1v) is 5.74. The topological polar surface area (TPSA) is 49.4 Å². The molecule has 4 nitrogen and oxygen atoms in total. The molecule has 1 unspecified atom stereocenters. The van der Waals surface area contributed by atoms with Gasteiger partial charge in [-0.3, -0.25) is 9.59 Å². The van der Waals surface area contributed by atoms with Gasteiger partial charge in [0.1, 0.15) is 0 Å². The summed E-state index contributed by atoms with van der Waals surface area (Å²) in [6.45, 7) is 0.484. The maximum absolute atomic E-state index is 11.9. The predicted molar refractivity (Wildman–Crippen MR) is 65.8 cm³/mol. The van der Waals surface area contributed by atoms with Gasteiger partial charge in [0.2, 0.25) is 11.8 Å². The molecule has 1 fully saturated rings. The van der Waals surface area contributed by atoms with Crippen LogP contribution in [-0.2, 0) is 9.59 Å². The van der Waals surface area contributed by atoms with Crippen LogP contribution in [0.15, 0.2) is 24.3 Å². The first kappa shape index (κ1) is 11.9. The monoisotopic (exact) mass is 252 g/mol. The molecule has 1 N–H and O–H groups in total. The molecule has 0 radical (unpaired) electrons. The molecule has 17 heavy (non-hydrogen) atoms. The van der Waals surface area contributed by atoms with Gasteiger partial charge in [-0.15, -0.1) is 0 Å². The van der Waals surface area contributed by atoms with E-state index >= 15 is 0 Å². The summed E-state index contributed by atoms with van der Waals surface area (Å²) in [5.74, 6) is -0.366. The Kier molecular flexibility index (Phi) is 3.33. The summed E-state index contributed by atoms with van der Waals surface area (Å²) in [6, 6.07) is 6.90. The maximum atomic E-state index is 11.9. The van der Waals surface area contributed by atoms with E-state index in [-0.39, 0.29) is 24.2 Å². The minimum Gasteiger partial charge on any atom is -0.345 e. The number of halogens is 1. The van der Waals surface area contributed by atoms with Crippen molar-refractivity contribution in [2.24, 2.45) is 5.92 Å². The van der Waals surface area contributed by atoms with Crippen molar-refractivity contribution in [1.82, 2.24) is 4.90 Å². The quantitative estimate of drug-likeness (QED) is 0.872. The second-order valence-electron chi connectivity index (χ2n) is 4.17. The fraction of sp³-hybridized carbons (Fsp3) is 0.333. The van der Waals surface area contributed by atoms with Crippen LogP contribution in [0.3, 0.4) is 0 Å². The number of carbonyl (C=O) groups is 2. The average molecular weight is 253 g/mol. The molecule has 2 rings (SSSR count). The number of rotatable bonds is 2. The smallest absolute Gasteiger partial charge is 0.229 e. The number of hydrogen-bond donors (Lipinski definition) is 1. The Morgan fingerprint density at radius 3 is 2.59 bits per heavy atom. The van der Waals surface area contributed by atoms with Gasteiger partial charge in [-0.1, -0.05) is 11.6 Å². The van der Waals surface area contributed by atoms with Crippen LogP contribution in [0.5, 0.6) is 0 Å². The molecule has 1 aliphatic heterocycles. The van der Waals surface area contributed by atoms with Crippen LogP contribution in [-0.4, -0.2) is 30.3 Å². The zero-order valence-corrected chi connectivity index (χ0v) is 10.2. The highest BCUT2D eigenvalue weighted by Gasteiger charge is 2.31. The molecular formula is C12H13ClN2O2. The first-order valence-electron chi connectivity index (χ1n) is 5.36. The van der Waals surface area contributed by atoms with Gasteiger partial charge in [0.15, 0.2) is 0 Å². The molecule has 0 saturated carbocycles. The minimum atomic E-state index is -0.261. The van der Waals surface area contributed by atoms with Gasteiger partial charge in [0.25, 0.3) is 0 Å². The van der Waals surface area contributed by atoms with Crippen molar-refractivity contribution in [3.63, 3.8) is 0 Å². The van der Waals surface area contributed by atoms with Crippen LogP contribution < -0.4 is 5.32 Å². The van der Waals surface area contributed by atoms with Gasteiger partial charge in [0.05, 0.1) is 5.92 Å². The third kappa shape index (κ3) is 2.77. The summed E-state index contributed by atoms with van der Waals surface area (Å²) in [7, 11) is 1.71. The molecule has 1 heterocycles. The third-order valence-electron chi connectivity index (χ3n) is 2.82. The van der Waals surface area contributed by atoms with E-state index in [1.807, 2.05) is 0 Å². The van der Waals surface area contributed by atoms with Crippen LogP contribution in [0.25, 0.3) is 0 Å². The van der Waals surface area contributed by atoms with E-state index in [0.29, 0.717) is 17.3 Å². The summed E-state index contributed by atoms with van der Waals surface area (Å²) < 4.78 is 0. The molecule has 0 spiro atoms. The average Bonchev–Trinajstić information content (AvgIpc) is 2.63. The number of nitrogens with one attached hydrogen (secondary N) is 1. The zero-order valence-electron chi connectivity index (χ0n) is 9.44. The normalized spacial score (nSPS) is 19.5. The second kappa shape index (κ2) is 4.75. The fourth-order valence-corrected chi connectivity index (χ4v) is 1.94. The maximum Gasteiger partial charge on any atom is 0.229 e. The zero-order chi connectivity index (χ0) is 12.4. The molecule has 5 heteroatoms. The summed E-state index contributed by atoms with van der Waals surface area (Å²) in [6.07, 6.45) is 0.288. The van der Waals surface area contributed by atoms with Gasteiger partial charge < -0.3 is 10.2 Å². The van der Waals surface area contributed by atoms with E-state index < -0.39 is 0 Å². The Bertz CT molecular complexity index is 444. The van der Waals surface area contributed by atoms with Gasteiger partial charge in [-0.2, -0.15) is 0 Å². The van der Waals surface area contributed by atoms with Crippen molar-refractivity contribution in [2.75, 3.05) is 18.9 Å². The lowest BCUT2D eigenvalue weighted by atomic mass is 10.1. The molecule has 0 aromatic heterocycles. The van der Waals surface area contributed by atoms with E-state index in [0.717, 1.165) is 0 Å². The van der Waals surface area contributed by atoms with E-state index in [9.17, 15) is 9.59 Å². The lowest BCUT2D eigenvalue weighted by molar-refractivity contribution is -0.127. The van der Waals surface area contributed by atoms with Crippen molar-refractivity contribution >= 4 is 29.1 Å². The summed E-state index contributed by atoms with van der Waals surface area (Å²) in [5, 5.41) is 3.40. The number of likely N-dealkylation sites (tertiary alicyclic amines) is 1. The SMILES string of the molecule is CN1CC(C(=O)Nc2ccc(Cl)cc2)CC1=O. The Balaban J connectivity index is 1.98. The molecule has 1 atom stereocenters. The molecular weight excluding hydrogens is 240 g/mol. The molecule has 90 valence electrons. The second-order valence-corrected chi connectivity index (χ2v) is 4.61. The highest BCUT2D eigenvalue weighted by atomic mass is 35.5. The summed E-state index contributed by atoms with van der Waals surface area (Å²) in [4.78, 5) is 24.8. The van der Waals surface area contributed by atoms with Crippen molar-refractivity contribution in [1.29, 1.82) is 0 Å². The standard InChI is InChI=1S/C12H13ClN2O2/c1-15-7-8(6-11(15)16)12(17)14-10-4-2-9(13)3-5-10/h2-5,8H,6-7H2,1H3,(H,14,17). The van der Waals surface area contributed by atoms with Gasteiger partial charge in [-0.25, -0.2) is 0 Å². The molecule has 1 saturated heterocycles. The van der Waals surface area contributed by atoms with Gasteiger partial charge >= 0.3 is 0 Å². The number of anilines is 1. The molecule has 0 bridgehead atoms. The van der Waals surface area contributed by atoms with Crippen LogP contribution in [0.4, 0.5) is 5.69 Å². The fourth-order valence-electron chi connectivity index (χ4n) is 1.82. The lowest BCUT2D eigenvalue weighted by Gasteiger charge is -2.10. The predicted octanol–water partition coefficient (Wildman–Crippen LogP) is 1.76. The van der Waals surface area contributed by atoms with E-state index in [1.54, 1.807) is 36.2 Å². The van der Waals surface area contributed by atoms with Crippen molar-refractivity contribution in [3.8, 4) is 0 Å². The Morgan fingerprint density at radius 1 is 1.41 bits per heavy atom. The molecule has 2 amide bonds. The Labute approximate surface area is 105 Å². The van der Waals surface area contributed by atoms with Crippen LogP contribution in [0.1, 0.15) is 6.42 Å². The highest BCUT2D eigenvalue weighted by Crippen LogP contribution is 2.19. The Morgan fingerprint density at radius 2 is 2.06 bits per heavy atom. The van der Waals surface area contributed by atoms with Gasteiger partial charge in [0, 0.05) is 30.7 Å². The van der Waals surface area contributed by atoms with Crippen molar-refractivity contribution in [2.45, 2.75) is 6.42 Å². The number of nitrogens with zero attached hydrogens (tertiary/aromatic N) is 1. The number of amides is 2. The third-order valence-corrected chi connectivity index (χ3v) is 3.08. The summed E-state index contributed by atoms with van der Waals surface area (Å²) >= 11 is 5.75. The molecule has 1 aromatic carbocycles. The number of hydrogen-bond acceptors (Lipinski definition) is 2. The van der Waals surface area contributed by atoms with E-state index in [2.05, 4.69) is 5.32 Å². The van der Waals surface area contributed by atoms with Crippen LogP contribution >= 0.6 is 11.6 Å². The highest BCUT2D eigenvalue weighted by molar-refractivity contribution is 6.30.